The van der Waals surface area contributed by atoms with E-state index in [9.17, 15) is 13.2 Å². The second-order valence-corrected chi connectivity index (χ2v) is 7.15. The van der Waals surface area contributed by atoms with Crippen LogP contribution < -0.4 is 0 Å². The highest BCUT2D eigenvalue weighted by atomic mass is 32.2. The molecule has 0 spiro atoms. The standard InChI is InChI=1S/C12H14O3S/c1-12(2,3)11-10(13)8-6-4-5-7-9(8)16(11,14)15/h4-7,11H,1-3H3. The molecule has 0 saturated heterocycles. The van der Waals surface area contributed by atoms with Crippen molar-refractivity contribution in [2.75, 3.05) is 0 Å². The highest BCUT2D eigenvalue weighted by Crippen LogP contribution is 2.39. The summed E-state index contributed by atoms with van der Waals surface area (Å²) in [6.45, 7) is 5.33. The smallest absolute Gasteiger partial charge is 0.189 e. The van der Waals surface area contributed by atoms with Gasteiger partial charge in [-0.05, 0) is 11.5 Å². The zero-order chi connectivity index (χ0) is 12.1. The summed E-state index contributed by atoms with van der Waals surface area (Å²) < 4.78 is 24.4. The molecule has 1 aliphatic heterocycles. The fourth-order valence-electron chi connectivity index (χ4n) is 2.19. The molecule has 0 bridgehead atoms. The lowest BCUT2D eigenvalue weighted by Crippen LogP contribution is -2.36. The summed E-state index contributed by atoms with van der Waals surface area (Å²) in [4.78, 5) is 12.3. The van der Waals surface area contributed by atoms with Crippen molar-refractivity contribution in [1.82, 2.24) is 0 Å². The molecule has 16 heavy (non-hydrogen) atoms. The summed E-state index contributed by atoms with van der Waals surface area (Å²) in [5.41, 5.74) is -0.239. The first-order valence-corrected chi connectivity index (χ1v) is 6.68. The van der Waals surface area contributed by atoms with Crippen LogP contribution in [0.1, 0.15) is 31.1 Å². The average Bonchev–Trinajstić information content (AvgIpc) is 2.34. The van der Waals surface area contributed by atoms with Crippen molar-refractivity contribution in [3.63, 3.8) is 0 Å². The zero-order valence-electron chi connectivity index (χ0n) is 9.52. The van der Waals surface area contributed by atoms with Gasteiger partial charge in [-0.3, -0.25) is 4.79 Å². The Kier molecular flexibility index (Phi) is 2.24. The van der Waals surface area contributed by atoms with E-state index < -0.39 is 20.5 Å². The van der Waals surface area contributed by atoms with Crippen LogP contribution in [0.3, 0.4) is 0 Å². The van der Waals surface area contributed by atoms with Crippen LogP contribution >= 0.6 is 0 Å². The number of benzene rings is 1. The van der Waals surface area contributed by atoms with E-state index in [1.54, 1.807) is 39.0 Å². The molecule has 1 aliphatic rings. The number of carbonyl (C=O) groups excluding carboxylic acids is 1. The van der Waals surface area contributed by atoms with Gasteiger partial charge in [-0.25, -0.2) is 8.42 Å². The van der Waals surface area contributed by atoms with E-state index in [0.29, 0.717) is 5.56 Å². The minimum Gasteiger partial charge on any atom is -0.293 e. The quantitative estimate of drug-likeness (QED) is 0.695. The van der Waals surface area contributed by atoms with E-state index in [1.807, 2.05) is 0 Å². The Labute approximate surface area is 95.4 Å². The van der Waals surface area contributed by atoms with E-state index in [4.69, 9.17) is 0 Å². The van der Waals surface area contributed by atoms with Crippen molar-refractivity contribution >= 4 is 15.6 Å². The molecule has 1 aromatic rings. The van der Waals surface area contributed by atoms with Crippen molar-refractivity contribution in [2.45, 2.75) is 30.9 Å². The van der Waals surface area contributed by atoms with E-state index in [0.717, 1.165) is 0 Å². The van der Waals surface area contributed by atoms with Gasteiger partial charge in [-0.1, -0.05) is 39.0 Å². The van der Waals surface area contributed by atoms with Crippen LogP contribution in [0.4, 0.5) is 0 Å². The van der Waals surface area contributed by atoms with Crippen LogP contribution in [0.15, 0.2) is 29.2 Å². The summed E-state index contributed by atoms with van der Waals surface area (Å²) in [5.74, 6) is -0.275. The van der Waals surface area contributed by atoms with Gasteiger partial charge >= 0.3 is 0 Å². The maximum atomic E-state index is 12.2. The molecule has 3 nitrogen and oxygen atoms in total. The van der Waals surface area contributed by atoms with Gasteiger partial charge in [0.05, 0.1) is 4.90 Å². The molecule has 2 rings (SSSR count). The molecule has 0 fully saturated rings. The molecule has 0 radical (unpaired) electrons. The summed E-state index contributed by atoms with van der Waals surface area (Å²) in [6.07, 6.45) is 0. The van der Waals surface area contributed by atoms with Crippen LogP contribution in [0.5, 0.6) is 0 Å². The fourth-order valence-corrected chi connectivity index (χ4v) is 4.52. The molecule has 1 unspecified atom stereocenters. The topological polar surface area (TPSA) is 51.2 Å². The van der Waals surface area contributed by atoms with Crippen molar-refractivity contribution in [2.24, 2.45) is 5.41 Å². The number of ketones is 1. The molecule has 0 aliphatic carbocycles. The normalized spacial score (nSPS) is 23.2. The summed E-state index contributed by atoms with van der Waals surface area (Å²) >= 11 is 0. The number of Topliss-reactive ketones (excluding diaryl/α,β-unsaturated/α-hetero) is 1. The van der Waals surface area contributed by atoms with Crippen molar-refractivity contribution < 1.29 is 13.2 Å². The Balaban J connectivity index is 2.73. The molecule has 1 heterocycles. The number of carbonyl (C=O) groups is 1. The molecule has 1 aromatic carbocycles. The molecular formula is C12H14O3S. The van der Waals surface area contributed by atoms with Gasteiger partial charge in [0.2, 0.25) is 0 Å². The Morgan fingerprint density at radius 1 is 1.12 bits per heavy atom. The molecule has 0 amide bonds. The lowest BCUT2D eigenvalue weighted by molar-refractivity contribution is 0.0951. The Morgan fingerprint density at radius 2 is 1.69 bits per heavy atom. The Bertz CT molecular complexity index is 550. The zero-order valence-corrected chi connectivity index (χ0v) is 10.3. The number of rotatable bonds is 0. The van der Waals surface area contributed by atoms with Crippen molar-refractivity contribution in [3.05, 3.63) is 29.8 Å². The van der Waals surface area contributed by atoms with Crippen LogP contribution in [0.25, 0.3) is 0 Å². The van der Waals surface area contributed by atoms with E-state index >= 15 is 0 Å². The summed E-state index contributed by atoms with van der Waals surface area (Å²) in [6, 6.07) is 6.43. The molecule has 1 atom stereocenters. The predicted molar refractivity (Wildman–Crippen MR) is 61.2 cm³/mol. The van der Waals surface area contributed by atoms with Gasteiger partial charge in [0, 0.05) is 5.56 Å². The van der Waals surface area contributed by atoms with Gasteiger partial charge in [-0.2, -0.15) is 0 Å². The Hall–Kier alpha value is -1.16. The summed E-state index contributed by atoms with van der Waals surface area (Å²) in [7, 11) is -3.50. The number of hydrogen-bond donors (Lipinski definition) is 0. The first-order chi connectivity index (χ1) is 7.26. The highest BCUT2D eigenvalue weighted by molar-refractivity contribution is 7.93. The first-order valence-electron chi connectivity index (χ1n) is 5.13. The van der Waals surface area contributed by atoms with Crippen molar-refractivity contribution in [1.29, 1.82) is 0 Å². The van der Waals surface area contributed by atoms with Gasteiger partial charge in [-0.15, -0.1) is 0 Å². The maximum absolute atomic E-state index is 12.2. The fraction of sp³-hybridized carbons (Fsp3) is 0.417. The molecule has 0 saturated carbocycles. The SMILES string of the molecule is CC(C)(C)C1C(=O)c2ccccc2S1(=O)=O. The van der Waals surface area contributed by atoms with Gasteiger partial charge in [0.25, 0.3) is 0 Å². The van der Waals surface area contributed by atoms with Gasteiger partial charge in [0.1, 0.15) is 5.25 Å². The molecule has 0 aromatic heterocycles. The van der Waals surface area contributed by atoms with E-state index in [2.05, 4.69) is 0 Å². The average molecular weight is 238 g/mol. The first kappa shape index (κ1) is 11.3. The molecule has 86 valence electrons. The third kappa shape index (κ3) is 1.40. The molecular weight excluding hydrogens is 224 g/mol. The number of fused-ring (bicyclic) bond motifs is 1. The number of sulfone groups is 1. The lowest BCUT2D eigenvalue weighted by atomic mass is 9.87. The minimum atomic E-state index is -3.50. The van der Waals surface area contributed by atoms with Crippen LogP contribution in [-0.4, -0.2) is 19.5 Å². The third-order valence-electron chi connectivity index (χ3n) is 2.79. The van der Waals surface area contributed by atoms with Crippen LogP contribution in [0, 0.1) is 5.41 Å². The monoisotopic (exact) mass is 238 g/mol. The third-order valence-corrected chi connectivity index (χ3v) is 5.30. The van der Waals surface area contributed by atoms with Gasteiger partial charge < -0.3 is 0 Å². The number of hydrogen-bond acceptors (Lipinski definition) is 3. The molecule has 0 N–H and O–H groups in total. The largest absolute Gasteiger partial charge is 0.293 e. The minimum absolute atomic E-state index is 0.180. The second-order valence-electron chi connectivity index (χ2n) is 5.15. The Morgan fingerprint density at radius 3 is 2.19 bits per heavy atom. The lowest BCUT2D eigenvalue weighted by Gasteiger charge is -2.24. The van der Waals surface area contributed by atoms with Gasteiger partial charge in [0.15, 0.2) is 15.6 Å². The second kappa shape index (κ2) is 3.17. The predicted octanol–water partition coefficient (Wildman–Crippen LogP) is 2.07. The molecule has 4 heteroatoms. The highest BCUT2D eigenvalue weighted by Gasteiger charge is 2.49. The summed E-state index contributed by atoms with van der Waals surface area (Å²) in [5, 5.41) is -0.947. The van der Waals surface area contributed by atoms with E-state index in [1.165, 1.54) is 6.07 Å². The van der Waals surface area contributed by atoms with Crippen LogP contribution in [0.2, 0.25) is 0 Å². The maximum Gasteiger partial charge on any atom is 0.189 e. The van der Waals surface area contributed by atoms with E-state index in [-0.39, 0.29) is 10.7 Å². The van der Waals surface area contributed by atoms with Crippen molar-refractivity contribution in [3.8, 4) is 0 Å². The van der Waals surface area contributed by atoms with Crippen LogP contribution in [-0.2, 0) is 9.84 Å².